The molecule has 2 aliphatic rings. The highest BCUT2D eigenvalue weighted by Crippen LogP contribution is 2.36. The molecule has 2 bridgehead atoms. The molecule has 0 N–H and O–H groups in total. The summed E-state index contributed by atoms with van der Waals surface area (Å²) in [6, 6.07) is 10.4. The summed E-state index contributed by atoms with van der Waals surface area (Å²) < 4.78 is 11.7. The Bertz CT molecular complexity index is 806. The molecule has 5 nitrogen and oxygen atoms in total. The number of fused-ring (bicyclic) bond motifs is 3. The predicted octanol–water partition coefficient (Wildman–Crippen LogP) is 3.80. The van der Waals surface area contributed by atoms with Crippen molar-refractivity contribution in [2.45, 2.75) is 63.8 Å². The molecule has 0 spiro atoms. The number of hydrogen-bond acceptors (Lipinski definition) is 5. The molecule has 2 fully saturated rings. The number of hydrogen-bond donors (Lipinski definition) is 0. The number of carbonyl (C=O) groups is 1. The lowest BCUT2D eigenvalue weighted by molar-refractivity contribution is -0.000321. The maximum absolute atomic E-state index is 13.0. The summed E-state index contributed by atoms with van der Waals surface area (Å²) in [4.78, 5) is 19.9. The molecule has 5 heteroatoms. The van der Waals surface area contributed by atoms with Gasteiger partial charge in [-0.25, -0.2) is 9.78 Å². The fourth-order valence-corrected chi connectivity index (χ4v) is 4.29. The maximum atomic E-state index is 13.0. The van der Waals surface area contributed by atoms with Crippen molar-refractivity contribution >= 4 is 16.9 Å². The summed E-state index contributed by atoms with van der Waals surface area (Å²) in [5.41, 5.74) is 1.29. The number of aromatic nitrogens is 1. The second-order valence-corrected chi connectivity index (χ2v) is 7.74. The summed E-state index contributed by atoms with van der Waals surface area (Å²) >= 11 is 0. The van der Waals surface area contributed by atoms with Gasteiger partial charge in [-0.15, -0.1) is 0 Å². The minimum absolute atomic E-state index is 0.00223. The lowest BCUT2D eigenvalue weighted by atomic mass is 10.0. The van der Waals surface area contributed by atoms with Gasteiger partial charge in [0.2, 0.25) is 5.88 Å². The van der Waals surface area contributed by atoms with Gasteiger partial charge >= 0.3 is 5.97 Å². The molecule has 138 valence electrons. The molecule has 0 amide bonds. The zero-order chi connectivity index (χ0) is 18.3. The van der Waals surface area contributed by atoms with Crippen LogP contribution in [0.1, 0.15) is 49.9 Å². The summed E-state index contributed by atoms with van der Waals surface area (Å²) in [6.07, 6.45) is 4.27. The zero-order valence-electron chi connectivity index (χ0n) is 15.6. The molecule has 1 aromatic heterocycles. The van der Waals surface area contributed by atoms with Crippen molar-refractivity contribution in [3.63, 3.8) is 0 Å². The first-order valence-electron chi connectivity index (χ1n) is 9.50. The van der Waals surface area contributed by atoms with E-state index in [1.54, 1.807) is 6.07 Å². The minimum Gasteiger partial charge on any atom is -0.475 e. The molecule has 2 saturated heterocycles. The van der Waals surface area contributed by atoms with Crippen molar-refractivity contribution in [2.24, 2.45) is 0 Å². The first-order chi connectivity index (χ1) is 12.5. The van der Waals surface area contributed by atoms with Crippen LogP contribution in [-0.4, -0.2) is 47.2 Å². The van der Waals surface area contributed by atoms with Crippen LogP contribution in [0.4, 0.5) is 0 Å². The van der Waals surface area contributed by atoms with E-state index >= 15 is 0 Å². The summed E-state index contributed by atoms with van der Waals surface area (Å²) in [6.45, 7) is 3.90. The van der Waals surface area contributed by atoms with Crippen LogP contribution in [0.3, 0.4) is 0 Å². The van der Waals surface area contributed by atoms with E-state index in [9.17, 15) is 4.79 Å². The highest BCUT2D eigenvalue weighted by Gasteiger charge is 2.40. The highest BCUT2D eigenvalue weighted by molar-refractivity contribution is 6.03. The molecular weight excluding hydrogens is 328 g/mol. The zero-order valence-corrected chi connectivity index (χ0v) is 15.6. The molecule has 2 atom stereocenters. The summed E-state index contributed by atoms with van der Waals surface area (Å²) in [5.74, 6) is 0.195. The summed E-state index contributed by atoms with van der Waals surface area (Å²) in [7, 11) is 2.19. The first kappa shape index (κ1) is 17.3. The smallest absolute Gasteiger partial charge is 0.339 e. The summed E-state index contributed by atoms with van der Waals surface area (Å²) in [5, 5.41) is 0.810. The molecule has 2 aromatic rings. The quantitative estimate of drug-likeness (QED) is 0.782. The maximum Gasteiger partial charge on any atom is 0.339 e. The number of benzene rings is 1. The van der Waals surface area contributed by atoms with Crippen molar-refractivity contribution in [3.05, 3.63) is 35.9 Å². The third-order valence-corrected chi connectivity index (χ3v) is 5.60. The Balaban J connectivity index is 1.59. The molecule has 0 aliphatic carbocycles. The number of piperidine rings is 1. The van der Waals surface area contributed by atoms with Crippen LogP contribution in [0.25, 0.3) is 10.9 Å². The molecule has 1 aromatic carbocycles. The van der Waals surface area contributed by atoms with E-state index < -0.39 is 0 Å². The van der Waals surface area contributed by atoms with Gasteiger partial charge in [0, 0.05) is 36.4 Å². The van der Waals surface area contributed by atoms with Crippen LogP contribution >= 0.6 is 0 Å². The van der Waals surface area contributed by atoms with E-state index in [4.69, 9.17) is 9.47 Å². The number of para-hydroxylation sites is 1. The number of esters is 1. The van der Waals surface area contributed by atoms with Gasteiger partial charge in [0.1, 0.15) is 6.10 Å². The van der Waals surface area contributed by atoms with E-state index in [1.165, 1.54) is 12.8 Å². The highest BCUT2D eigenvalue weighted by atomic mass is 16.5. The number of carbonyl (C=O) groups excluding carboxylic acids is 1. The van der Waals surface area contributed by atoms with Gasteiger partial charge in [-0.1, -0.05) is 18.2 Å². The van der Waals surface area contributed by atoms with Gasteiger partial charge in [-0.05, 0) is 39.8 Å². The van der Waals surface area contributed by atoms with Gasteiger partial charge in [0.15, 0.2) is 0 Å². The van der Waals surface area contributed by atoms with Crippen LogP contribution in [0, 0.1) is 0 Å². The Morgan fingerprint density at radius 1 is 1.19 bits per heavy atom. The molecule has 3 heterocycles. The van der Waals surface area contributed by atoms with Crippen LogP contribution in [0.15, 0.2) is 30.3 Å². The second kappa shape index (κ2) is 6.88. The Labute approximate surface area is 154 Å². The minimum atomic E-state index is -0.272. The van der Waals surface area contributed by atoms with E-state index in [0.717, 1.165) is 23.7 Å². The monoisotopic (exact) mass is 354 g/mol. The lowest BCUT2D eigenvalue weighted by Crippen LogP contribution is -2.43. The normalized spacial score (nSPS) is 25.6. The average molecular weight is 354 g/mol. The number of rotatable bonds is 4. The van der Waals surface area contributed by atoms with E-state index in [0.29, 0.717) is 23.5 Å². The molecular formula is C21H26N2O3. The largest absolute Gasteiger partial charge is 0.475 e. The van der Waals surface area contributed by atoms with Crippen molar-refractivity contribution in [3.8, 4) is 5.88 Å². The van der Waals surface area contributed by atoms with E-state index in [-0.39, 0.29) is 18.2 Å². The Morgan fingerprint density at radius 2 is 1.88 bits per heavy atom. The Kier molecular flexibility index (Phi) is 4.57. The standard InChI is InChI=1S/C21H26N2O3/c1-13(2)25-20-12-18(17-6-4-5-7-19(17)22-20)21(24)26-16-10-14-8-9-15(11-16)23(14)3/h4-7,12-16H,8-11H2,1-3H3. The topological polar surface area (TPSA) is 51.7 Å². The van der Waals surface area contributed by atoms with Crippen molar-refractivity contribution < 1.29 is 14.3 Å². The third kappa shape index (κ3) is 3.28. The van der Waals surface area contributed by atoms with Gasteiger partial charge in [-0.2, -0.15) is 0 Å². The molecule has 2 aliphatic heterocycles. The van der Waals surface area contributed by atoms with Crippen LogP contribution in [0.5, 0.6) is 5.88 Å². The van der Waals surface area contributed by atoms with Gasteiger partial charge < -0.3 is 14.4 Å². The Morgan fingerprint density at radius 3 is 2.58 bits per heavy atom. The van der Waals surface area contributed by atoms with Gasteiger partial charge in [0.05, 0.1) is 17.2 Å². The number of pyridine rings is 1. The third-order valence-electron chi connectivity index (χ3n) is 5.60. The fraction of sp³-hybridized carbons (Fsp3) is 0.524. The molecule has 0 saturated carbocycles. The van der Waals surface area contributed by atoms with E-state index in [2.05, 4.69) is 16.9 Å². The SMILES string of the molecule is CC(C)Oc1cc(C(=O)OC2CC3CCC(C2)N3C)c2ccccc2n1. The fourth-order valence-electron chi connectivity index (χ4n) is 4.29. The van der Waals surface area contributed by atoms with Crippen molar-refractivity contribution in [1.82, 2.24) is 9.88 Å². The molecule has 26 heavy (non-hydrogen) atoms. The van der Waals surface area contributed by atoms with Crippen LogP contribution in [-0.2, 0) is 4.74 Å². The van der Waals surface area contributed by atoms with Crippen LogP contribution in [0.2, 0.25) is 0 Å². The molecule has 4 rings (SSSR count). The Hall–Kier alpha value is -2.14. The van der Waals surface area contributed by atoms with E-state index in [1.807, 2.05) is 38.1 Å². The first-order valence-corrected chi connectivity index (χ1v) is 9.50. The lowest BCUT2D eigenvalue weighted by Gasteiger charge is -2.35. The van der Waals surface area contributed by atoms with Crippen molar-refractivity contribution in [2.75, 3.05) is 7.05 Å². The molecule has 0 radical (unpaired) electrons. The van der Waals surface area contributed by atoms with Gasteiger partial charge in [-0.3, -0.25) is 0 Å². The average Bonchev–Trinajstić information content (AvgIpc) is 2.81. The molecule has 2 unspecified atom stereocenters. The van der Waals surface area contributed by atoms with Gasteiger partial charge in [0.25, 0.3) is 0 Å². The van der Waals surface area contributed by atoms with Crippen molar-refractivity contribution in [1.29, 1.82) is 0 Å². The predicted molar refractivity (Wildman–Crippen MR) is 101 cm³/mol. The second-order valence-electron chi connectivity index (χ2n) is 7.74. The number of nitrogens with zero attached hydrogens (tertiary/aromatic N) is 2. The number of ether oxygens (including phenoxy) is 2. The van der Waals surface area contributed by atoms with Crippen LogP contribution < -0.4 is 4.74 Å².